The van der Waals surface area contributed by atoms with Gasteiger partial charge in [-0.2, -0.15) is 0 Å². The maximum atomic E-state index is 12.8. The van der Waals surface area contributed by atoms with Crippen molar-refractivity contribution in [1.82, 2.24) is 5.32 Å². The third kappa shape index (κ3) is 4.16. The number of hydrogen-bond donors (Lipinski definition) is 2. The zero-order chi connectivity index (χ0) is 24.0. The molecule has 2 aromatic heterocycles. The summed E-state index contributed by atoms with van der Waals surface area (Å²) >= 11 is 0. The van der Waals surface area contributed by atoms with Gasteiger partial charge in [0, 0.05) is 21.9 Å². The topological polar surface area (TPSA) is 110 Å². The van der Waals surface area contributed by atoms with Crippen molar-refractivity contribution in [2.75, 3.05) is 0 Å². The Morgan fingerprint density at radius 3 is 2.34 bits per heavy atom. The van der Waals surface area contributed by atoms with E-state index in [2.05, 4.69) is 26.1 Å². The SMILES string of the molecule is CC[C@@H](C)[C@H](NC(=O)Cc1c(C)c2cc3c(C(C)(C)C)coc3c(C)c2oc1=O)C(=O)O. The van der Waals surface area contributed by atoms with Crippen LogP contribution in [-0.4, -0.2) is 23.0 Å². The molecule has 0 aliphatic heterocycles. The highest BCUT2D eigenvalue weighted by atomic mass is 16.4. The molecule has 2 heterocycles. The number of carbonyl (C=O) groups is 2. The Labute approximate surface area is 186 Å². The van der Waals surface area contributed by atoms with E-state index in [1.54, 1.807) is 20.1 Å². The van der Waals surface area contributed by atoms with Crippen LogP contribution in [0.1, 0.15) is 63.3 Å². The summed E-state index contributed by atoms with van der Waals surface area (Å²) in [6, 6.07) is 0.933. The lowest BCUT2D eigenvalue weighted by atomic mass is 9.86. The first-order valence-corrected chi connectivity index (χ1v) is 10.9. The number of fused-ring (bicyclic) bond motifs is 2. The molecule has 0 aliphatic carbocycles. The first kappa shape index (κ1) is 23.6. The molecule has 0 radical (unpaired) electrons. The van der Waals surface area contributed by atoms with E-state index in [9.17, 15) is 19.5 Å². The number of carbonyl (C=O) groups excluding carboxylic acids is 1. The number of furan rings is 1. The molecule has 0 saturated heterocycles. The van der Waals surface area contributed by atoms with Crippen LogP contribution in [0.5, 0.6) is 0 Å². The predicted molar refractivity (Wildman–Crippen MR) is 123 cm³/mol. The van der Waals surface area contributed by atoms with Crippen molar-refractivity contribution in [1.29, 1.82) is 0 Å². The van der Waals surface area contributed by atoms with Crippen molar-refractivity contribution in [2.45, 2.75) is 72.8 Å². The smallest absolute Gasteiger partial charge is 0.340 e. The number of aliphatic carboxylic acids is 1. The molecule has 3 rings (SSSR count). The minimum absolute atomic E-state index is 0.139. The van der Waals surface area contributed by atoms with Gasteiger partial charge < -0.3 is 19.3 Å². The van der Waals surface area contributed by atoms with Crippen LogP contribution < -0.4 is 10.9 Å². The molecular weight excluding hydrogens is 410 g/mol. The van der Waals surface area contributed by atoms with Gasteiger partial charge in [0.25, 0.3) is 0 Å². The Morgan fingerprint density at radius 1 is 1.12 bits per heavy atom. The first-order valence-electron chi connectivity index (χ1n) is 10.9. The van der Waals surface area contributed by atoms with Crippen LogP contribution in [0.25, 0.3) is 21.9 Å². The van der Waals surface area contributed by atoms with E-state index in [0.29, 0.717) is 23.2 Å². The van der Waals surface area contributed by atoms with Crippen LogP contribution in [0.15, 0.2) is 26.0 Å². The summed E-state index contributed by atoms with van der Waals surface area (Å²) < 4.78 is 11.4. The summed E-state index contributed by atoms with van der Waals surface area (Å²) in [4.78, 5) is 36.9. The van der Waals surface area contributed by atoms with E-state index in [4.69, 9.17) is 8.83 Å². The zero-order valence-electron chi connectivity index (χ0n) is 19.7. The minimum Gasteiger partial charge on any atom is -0.480 e. The Bertz CT molecular complexity index is 1260. The largest absolute Gasteiger partial charge is 0.480 e. The Hall–Kier alpha value is -3.09. The number of aryl methyl sites for hydroxylation is 2. The van der Waals surface area contributed by atoms with Crippen LogP contribution in [-0.2, 0) is 21.4 Å². The number of nitrogens with one attached hydrogen (secondary N) is 1. The molecule has 3 aromatic rings. The molecular formula is C25H31NO6. The minimum atomic E-state index is -1.09. The molecule has 0 saturated carbocycles. The van der Waals surface area contributed by atoms with Gasteiger partial charge in [-0.15, -0.1) is 0 Å². The molecule has 2 atom stereocenters. The third-order valence-corrected chi connectivity index (χ3v) is 6.28. The maximum Gasteiger partial charge on any atom is 0.340 e. The van der Waals surface area contributed by atoms with Crippen molar-refractivity contribution in [3.05, 3.63) is 45.0 Å². The zero-order valence-corrected chi connectivity index (χ0v) is 19.7. The van der Waals surface area contributed by atoms with Crippen LogP contribution in [0, 0.1) is 19.8 Å². The third-order valence-electron chi connectivity index (χ3n) is 6.28. The van der Waals surface area contributed by atoms with E-state index in [-0.39, 0.29) is 23.3 Å². The highest BCUT2D eigenvalue weighted by molar-refractivity contribution is 6.00. The lowest BCUT2D eigenvalue weighted by molar-refractivity contribution is -0.143. The van der Waals surface area contributed by atoms with Gasteiger partial charge in [-0.25, -0.2) is 9.59 Å². The van der Waals surface area contributed by atoms with Gasteiger partial charge in [0.1, 0.15) is 17.2 Å². The van der Waals surface area contributed by atoms with E-state index < -0.39 is 23.5 Å². The van der Waals surface area contributed by atoms with Gasteiger partial charge in [0.15, 0.2) is 0 Å². The number of benzene rings is 1. The lowest BCUT2D eigenvalue weighted by Gasteiger charge is -2.20. The Balaban J connectivity index is 2.09. The quantitative estimate of drug-likeness (QED) is 0.541. The van der Waals surface area contributed by atoms with E-state index in [0.717, 1.165) is 21.9 Å². The van der Waals surface area contributed by atoms with E-state index in [1.807, 2.05) is 19.9 Å². The van der Waals surface area contributed by atoms with Crippen molar-refractivity contribution in [2.24, 2.45) is 5.92 Å². The second-order valence-corrected chi connectivity index (χ2v) is 9.59. The molecule has 32 heavy (non-hydrogen) atoms. The fourth-order valence-corrected chi connectivity index (χ4v) is 4.05. The fraction of sp³-hybridized carbons (Fsp3) is 0.480. The lowest BCUT2D eigenvalue weighted by Crippen LogP contribution is -2.45. The number of carboxylic acid groups (broad SMARTS) is 1. The second kappa shape index (κ2) is 8.45. The molecule has 172 valence electrons. The van der Waals surface area contributed by atoms with Crippen molar-refractivity contribution in [3.63, 3.8) is 0 Å². The van der Waals surface area contributed by atoms with Gasteiger partial charge in [-0.1, -0.05) is 41.0 Å². The van der Waals surface area contributed by atoms with Gasteiger partial charge in [-0.05, 0) is 36.8 Å². The van der Waals surface area contributed by atoms with Gasteiger partial charge in [-0.3, -0.25) is 4.79 Å². The van der Waals surface area contributed by atoms with Gasteiger partial charge in [0.05, 0.1) is 18.2 Å². The standard InChI is InChI=1S/C25H31NO6/c1-8-12(2)20(23(28)29)26-19(27)10-16-13(3)15-9-17-18(25(5,6)7)11-31-21(17)14(4)22(15)32-24(16)30/h9,11-12,20H,8,10H2,1-7H3,(H,26,27)(H,28,29)/t12-,20+/m1/s1. The van der Waals surface area contributed by atoms with Crippen LogP contribution in [0.2, 0.25) is 0 Å². The van der Waals surface area contributed by atoms with Crippen LogP contribution >= 0.6 is 0 Å². The van der Waals surface area contributed by atoms with Gasteiger partial charge >= 0.3 is 11.6 Å². The highest BCUT2D eigenvalue weighted by Crippen LogP contribution is 2.37. The second-order valence-electron chi connectivity index (χ2n) is 9.59. The summed E-state index contributed by atoms with van der Waals surface area (Å²) in [5, 5.41) is 13.7. The summed E-state index contributed by atoms with van der Waals surface area (Å²) in [5.74, 6) is -1.86. The fourth-order valence-electron chi connectivity index (χ4n) is 4.05. The normalized spacial score (nSPS) is 14.0. The average Bonchev–Trinajstić information content (AvgIpc) is 3.14. The molecule has 1 amide bonds. The summed E-state index contributed by atoms with van der Waals surface area (Å²) in [6.07, 6.45) is 2.09. The van der Waals surface area contributed by atoms with Crippen molar-refractivity contribution >= 4 is 33.8 Å². The summed E-state index contributed by atoms with van der Waals surface area (Å²) in [7, 11) is 0. The summed E-state index contributed by atoms with van der Waals surface area (Å²) in [5.41, 5.74) is 3.00. The molecule has 0 fully saturated rings. The number of amides is 1. The first-order chi connectivity index (χ1) is 14.9. The maximum absolute atomic E-state index is 12.8. The number of hydrogen-bond acceptors (Lipinski definition) is 5. The number of carboxylic acids is 1. The molecule has 0 aliphatic rings. The van der Waals surface area contributed by atoms with Gasteiger partial charge in [0.2, 0.25) is 5.91 Å². The van der Waals surface area contributed by atoms with Crippen LogP contribution in [0.4, 0.5) is 0 Å². The molecule has 7 nitrogen and oxygen atoms in total. The molecule has 1 aromatic carbocycles. The average molecular weight is 442 g/mol. The molecule has 0 unspecified atom stereocenters. The van der Waals surface area contributed by atoms with E-state index in [1.165, 1.54) is 0 Å². The van der Waals surface area contributed by atoms with Crippen molar-refractivity contribution < 1.29 is 23.5 Å². The molecule has 0 bridgehead atoms. The molecule has 0 spiro atoms. The predicted octanol–water partition coefficient (Wildman–Crippen LogP) is 4.61. The highest BCUT2D eigenvalue weighted by Gasteiger charge is 2.27. The molecule has 7 heteroatoms. The molecule has 2 N–H and O–H groups in total. The Morgan fingerprint density at radius 2 is 1.78 bits per heavy atom. The monoisotopic (exact) mass is 441 g/mol. The van der Waals surface area contributed by atoms with E-state index >= 15 is 0 Å². The van der Waals surface area contributed by atoms with Crippen molar-refractivity contribution in [3.8, 4) is 0 Å². The Kier molecular flexibility index (Phi) is 6.22. The number of rotatable bonds is 6. The summed E-state index contributed by atoms with van der Waals surface area (Å²) in [6.45, 7) is 13.6. The van der Waals surface area contributed by atoms with Crippen LogP contribution in [0.3, 0.4) is 0 Å².